The summed E-state index contributed by atoms with van der Waals surface area (Å²) in [7, 11) is -3.57. The van der Waals surface area contributed by atoms with Crippen molar-refractivity contribution in [2.24, 2.45) is 0 Å². The number of halogens is 1. The van der Waals surface area contributed by atoms with E-state index in [4.69, 9.17) is 11.6 Å². The number of hydrogen-bond donors (Lipinski definition) is 1. The Bertz CT molecular complexity index is 1400. The molecule has 0 spiro atoms. The number of aryl methyl sites for hydroxylation is 1. The summed E-state index contributed by atoms with van der Waals surface area (Å²) in [5.74, 6) is -0.443. The molecule has 41 heavy (non-hydrogen) atoms. The first-order valence-corrected chi connectivity index (χ1v) is 16.1. The van der Waals surface area contributed by atoms with Gasteiger partial charge in [0.25, 0.3) is 0 Å². The average molecular weight is 598 g/mol. The molecule has 0 saturated heterocycles. The van der Waals surface area contributed by atoms with Crippen LogP contribution in [0.25, 0.3) is 0 Å². The third kappa shape index (κ3) is 9.61. The lowest BCUT2D eigenvalue weighted by Crippen LogP contribution is -2.52. The van der Waals surface area contributed by atoms with Crippen molar-refractivity contribution in [1.82, 2.24) is 10.2 Å². The van der Waals surface area contributed by atoms with E-state index in [1.54, 1.807) is 29.2 Å². The number of amides is 2. The molecule has 0 heterocycles. The number of benzene rings is 3. The van der Waals surface area contributed by atoms with Crippen LogP contribution in [-0.4, -0.2) is 50.0 Å². The van der Waals surface area contributed by atoms with Crippen LogP contribution < -0.4 is 9.62 Å². The molecular weight excluding hydrogens is 558 g/mol. The van der Waals surface area contributed by atoms with Gasteiger partial charge in [0, 0.05) is 37.0 Å². The minimum absolute atomic E-state index is 0.0503. The van der Waals surface area contributed by atoms with Crippen molar-refractivity contribution in [3.05, 3.63) is 101 Å². The van der Waals surface area contributed by atoms with Gasteiger partial charge >= 0.3 is 0 Å². The number of anilines is 1. The van der Waals surface area contributed by atoms with E-state index in [2.05, 4.69) is 5.32 Å². The Morgan fingerprint density at radius 1 is 0.927 bits per heavy atom. The molecule has 7 nitrogen and oxygen atoms in total. The van der Waals surface area contributed by atoms with Crippen LogP contribution in [0.5, 0.6) is 0 Å². The largest absolute Gasteiger partial charge is 0.352 e. The van der Waals surface area contributed by atoms with Crippen molar-refractivity contribution >= 4 is 39.1 Å². The van der Waals surface area contributed by atoms with Gasteiger partial charge in [0.15, 0.2) is 0 Å². The molecule has 0 radical (unpaired) electrons. The van der Waals surface area contributed by atoms with E-state index in [1.165, 1.54) is 10.6 Å². The molecule has 3 rings (SSSR count). The normalized spacial score (nSPS) is 12.8. The molecule has 0 unspecified atom stereocenters. The molecule has 0 fully saturated rings. The Hall–Kier alpha value is -3.36. The number of nitrogens with zero attached hydrogens (tertiary/aromatic N) is 2. The molecule has 0 aromatic heterocycles. The van der Waals surface area contributed by atoms with Gasteiger partial charge in [-0.3, -0.25) is 13.9 Å². The molecule has 1 N–H and O–H groups in total. The van der Waals surface area contributed by atoms with Crippen molar-refractivity contribution in [2.45, 2.75) is 65.1 Å². The summed E-state index contributed by atoms with van der Waals surface area (Å²) in [6.45, 7) is 6.15. The summed E-state index contributed by atoms with van der Waals surface area (Å²) >= 11 is 6.10. The first-order valence-electron chi connectivity index (χ1n) is 13.9. The van der Waals surface area contributed by atoms with E-state index in [0.717, 1.165) is 23.1 Å². The molecule has 3 aromatic carbocycles. The first kappa shape index (κ1) is 32.2. The van der Waals surface area contributed by atoms with Crippen LogP contribution in [0.4, 0.5) is 5.69 Å². The molecule has 0 saturated carbocycles. The third-order valence-corrected chi connectivity index (χ3v) is 8.51. The number of carbonyl (C=O) groups is 2. The van der Waals surface area contributed by atoms with Gasteiger partial charge in [-0.2, -0.15) is 0 Å². The van der Waals surface area contributed by atoms with Gasteiger partial charge in [-0.15, -0.1) is 0 Å². The van der Waals surface area contributed by atoms with E-state index in [1.807, 2.05) is 75.4 Å². The highest BCUT2D eigenvalue weighted by atomic mass is 35.5. The van der Waals surface area contributed by atoms with Gasteiger partial charge in [-0.1, -0.05) is 79.2 Å². The van der Waals surface area contributed by atoms with Crippen LogP contribution in [0, 0.1) is 6.92 Å². The monoisotopic (exact) mass is 597 g/mol. The van der Waals surface area contributed by atoms with E-state index < -0.39 is 16.1 Å². The number of rotatable bonds is 14. The Morgan fingerprint density at radius 2 is 1.56 bits per heavy atom. The molecule has 0 aliphatic heterocycles. The SMILES string of the molecule is CC[C@H](C)NC(=O)[C@@H](Cc1ccccc1)N(Cc1ccc(Cl)cc1)C(=O)CCCN(c1ccccc1C)S(C)(=O)=O. The van der Waals surface area contributed by atoms with Gasteiger partial charge in [0.2, 0.25) is 21.8 Å². The van der Waals surface area contributed by atoms with Crippen molar-refractivity contribution in [2.75, 3.05) is 17.1 Å². The fourth-order valence-corrected chi connectivity index (χ4v) is 5.76. The zero-order valence-corrected chi connectivity index (χ0v) is 25.8. The highest BCUT2D eigenvalue weighted by Crippen LogP contribution is 2.23. The van der Waals surface area contributed by atoms with Crippen LogP contribution in [0.2, 0.25) is 5.02 Å². The number of sulfonamides is 1. The smallest absolute Gasteiger partial charge is 0.243 e. The molecule has 0 aliphatic rings. The Morgan fingerprint density at radius 3 is 2.17 bits per heavy atom. The second-order valence-electron chi connectivity index (χ2n) is 10.4. The fraction of sp³-hybridized carbons (Fsp3) is 0.375. The predicted molar refractivity (Wildman–Crippen MR) is 166 cm³/mol. The van der Waals surface area contributed by atoms with Gasteiger partial charge in [-0.25, -0.2) is 8.42 Å². The molecule has 220 valence electrons. The van der Waals surface area contributed by atoms with Crippen LogP contribution in [0.3, 0.4) is 0 Å². The first-order chi connectivity index (χ1) is 19.5. The topological polar surface area (TPSA) is 86.8 Å². The van der Waals surface area contributed by atoms with Crippen molar-refractivity contribution in [1.29, 1.82) is 0 Å². The minimum Gasteiger partial charge on any atom is -0.352 e. The summed E-state index contributed by atoms with van der Waals surface area (Å²) in [4.78, 5) is 29.1. The quantitative estimate of drug-likeness (QED) is 0.256. The van der Waals surface area contributed by atoms with E-state index in [0.29, 0.717) is 23.6 Å². The van der Waals surface area contributed by atoms with Crippen LogP contribution >= 0.6 is 11.6 Å². The summed E-state index contributed by atoms with van der Waals surface area (Å²) in [6, 6.07) is 23.3. The number of nitrogens with one attached hydrogen (secondary N) is 1. The second-order valence-corrected chi connectivity index (χ2v) is 12.7. The standard InChI is InChI=1S/C32H40ClN3O4S/c1-5-25(3)34-32(38)30(22-26-13-7-6-8-14-26)35(23-27-17-19-28(33)20-18-27)31(37)16-11-21-36(41(4,39)40)29-15-10-9-12-24(29)2/h6-10,12-15,17-20,25,30H,5,11,16,21-23H2,1-4H3,(H,34,38)/t25-,30+/m0/s1. The summed E-state index contributed by atoms with van der Waals surface area (Å²) in [5.41, 5.74) is 3.21. The Kier molecular flexibility index (Phi) is 11.8. The van der Waals surface area contributed by atoms with Crippen molar-refractivity contribution < 1.29 is 18.0 Å². The molecular formula is C32H40ClN3O4S. The summed E-state index contributed by atoms with van der Waals surface area (Å²) in [6.07, 6.45) is 2.65. The fourth-order valence-electron chi connectivity index (χ4n) is 4.61. The third-order valence-electron chi connectivity index (χ3n) is 7.07. The van der Waals surface area contributed by atoms with Crippen LogP contribution in [-0.2, 0) is 32.6 Å². The number of carbonyl (C=O) groups excluding carboxylic acids is 2. The zero-order chi connectivity index (χ0) is 30.0. The molecule has 0 bridgehead atoms. The van der Waals surface area contributed by atoms with Gasteiger partial charge in [-0.05, 0) is 61.6 Å². The summed E-state index contributed by atoms with van der Waals surface area (Å²) < 4.78 is 26.7. The van der Waals surface area contributed by atoms with Crippen LogP contribution in [0.15, 0.2) is 78.9 Å². The average Bonchev–Trinajstić information content (AvgIpc) is 2.94. The molecule has 9 heteroatoms. The maximum Gasteiger partial charge on any atom is 0.243 e. The Labute approximate surface area is 249 Å². The molecule has 0 aliphatic carbocycles. The van der Waals surface area contributed by atoms with Crippen LogP contribution in [0.1, 0.15) is 49.8 Å². The lowest BCUT2D eigenvalue weighted by atomic mass is 10.0. The van der Waals surface area contributed by atoms with E-state index in [-0.39, 0.29) is 37.4 Å². The van der Waals surface area contributed by atoms with Gasteiger partial charge in [0.05, 0.1) is 11.9 Å². The Balaban J connectivity index is 1.89. The molecule has 2 amide bonds. The van der Waals surface area contributed by atoms with Gasteiger partial charge in [0.1, 0.15) is 6.04 Å². The number of hydrogen-bond acceptors (Lipinski definition) is 4. The molecule has 3 aromatic rings. The predicted octanol–water partition coefficient (Wildman–Crippen LogP) is 5.75. The highest BCUT2D eigenvalue weighted by Gasteiger charge is 2.31. The van der Waals surface area contributed by atoms with E-state index in [9.17, 15) is 18.0 Å². The second kappa shape index (κ2) is 15.0. The zero-order valence-electron chi connectivity index (χ0n) is 24.2. The lowest BCUT2D eigenvalue weighted by molar-refractivity contribution is -0.141. The van der Waals surface area contributed by atoms with E-state index >= 15 is 0 Å². The molecule has 2 atom stereocenters. The summed E-state index contributed by atoms with van der Waals surface area (Å²) in [5, 5.41) is 3.64. The highest BCUT2D eigenvalue weighted by molar-refractivity contribution is 7.92. The van der Waals surface area contributed by atoms with Crippen molar-refractivity contribution in [3.8, 4) is 0 Å². The lowest BCUT2D eigenvalue weighted by Gasteiger charge is -2.33. The van der Waals surface area contributed by atoms with Gasteiger partial charge < -0.3 is 10.2 Å². The maximum absolute atomic E-state index is 13.9. The number of para-hydroxylation sites is 1. The maximum atomic E-state index is 13.9. The minimum atomic E-state index is -3.57. The van der Waals surface area contributed by atoms with Crippen molar-refractivity contribution in [3.63, 3.8) is 0 Å².